The molecule has 0 saturated heterocycles. The Bertz CT molecular complexity index is 632. The van der Waals surface area contributed by atoms with Crippen LogP contribution in [0, 0.1) is 12.7 Å². The number of hydrogen-bond acceptors (Lipinski definition) is 6. The number of anilines is 2. The maximum atomic E-state index is 13.0. The van der Waals surface area contributed by atoms with Crippen LogP contribution in [0.2, 0.25) is 0 Å². The lowest BCUT2D eigenvalue weighted by molar-refractivity contribution is -0.115. The molecule has 1 aromatic carbocycles. The molecule has 3 N–H and O–H groups in total. The molecule has 0 fully saturated rings. The summed E-state index contributed by atoms with van der Waals surface area (Å²) in [6, 6.07) is 4.08. The number of hydrogen-bond donors (Lipinski definition) is 2. The van der Waals surface area contributed by atoms with Crippen molar-refractivity contribution in [3.05, 3.63) is 29.0 Å². The number of carbonyl (C=O) groups excluding carboxylic acids is 1. The van der Waals surface area contributed by atoms with Crippen molar-refractivity contribution in [2.24, 2.45) is 0 Å². The number of thioether (sulfide) groups is 1. The fourth-order valence-electron chi connectivity index (χ4n) is 1.40. The van der Waals surface area contributed by atoms with Crippen molar-refractivity contribution >= 4 is 40.4 Å². The van der Waals surface area contributed by atoms with Gasteiger partial charge in [-0.3, -0.25) is 4.79 Å². The molecule has 0 spiro atoms. The van der Waals surface area contributed by atoms with Crippen LogP contribution >= 0.6 is 23.1 Å². The van der Waals surface area contributed by atoms with Crippen LogP contribution in [-0.4, -0.2) is 21.4 Å². The van der Waals surface area contributed by atoms with E-state index >= 15 is 0 Å². The number of halogens is 1. The van der Waals surface area contributed by atoms with Crippen molar-refractivity contribution in [1.29, 1.82) is 0 Å². The molecular formula is C12H13FN4OS2. The fraction of sp³-hybridized carbons (Fsp3) is 0.250. The highest BCUT2D eigenvalue weighted by Gasteiger charge is 2.17. The molecule has 0 bridgehead atoms. The van der Waals surface area contributed by atoms with Gasteiger partial charge in [-0.2, -0.15) is 0 Å². The second-order valence-corrected chi connectivity index (χ2v) is 6.84. The zero-order chi connectivity index (χ0) is 14.7. The summed E-state index contributed by atoms with van der Waals surface area (Å²) in [7, 11) is 0. The number of rotatable bonds is 4. The van der Waals surface area contributed by atoms with Gasteiger partial charge in [0, 0.05) is 5.69 Å². The molecule has 106 valence electrons. The van der Waals surface area contributed by atoms with Gasteiger partial charge in [-0.25, -0.2) is 4.39 Å². The summed E-state index contributed by atoms with van der Waals surface area (Å²) >= 11 is 2.76. The van der Waals surface area contributed by atoms with E-state index in [1.54, 1.807) is 6.92 Å². The largest absolute Gasteiger partial charge is 0.396 e. The Kier molecular flexibility index (Phi) is 4.56. The first-order valence-corrected chi connectivity index (χ1v) is 7.48. The third kappa shape index (κ3) is 3.67. The minimum Gasteiger partial charge on any atom is -0.396 e. The number of nitrogens with two attached hydrogens (primary N) is 1. The Morgan fingerprint density at radius 1 is 1.50 bits per heavy atom. The molecule has 1 aromatic heterocycles. The topological polar surface area (TPSA) is 80.9 Å². The molecular weight excluding hydrogens is 299 g/mol. The fourth-order valence-corrected chi connectivity index (χ4v) is 3.36. The summed E-state index contributed by atoms with van der Waals surface area (Å²) in [5.41, 5.74) is 5.92. The van der Waals surface area contributed by atoms with Gasteiger partial charge in [-0.15, -0.1) is 10.2 Å². The number of aryl methyl sites for hydroxylation is 1. The monoisotopic (exact) mass is 312 g/mol. The molecule has 0 aliphatic rings. The predicted molar refractivity (Wildman–Crippen MR) is 79.4 cm³/mol. The molecule has 20 heavy (non-hydrogen) atoms. The molecule has 1 unspecified atom stereocenters. The standard InChI is InChI=1S/C12H13FN4OS2/c1-6(19-12-17-16-7(2)20-12)11(18)15-8-3-4-9(13)10(14)5-8/h3-6H,14H2,1-2H3,(H,15,18). The van der Waals surface area contributed by atoms with E-state index < -0.39 is 5.82 Å². The van der Waals surface area contributed by atoms with E-state index in [0.29, 0.717) is 5.69 Å². The molecule has 2 rings (SSSR count). The number of carbonyl (C=O) groups is 1. The normalized spacial score (nSPS) is 12.2. The first-order valence-electron chi connectivity index (χ1n) is 5.78. The highest BCUT2D eigenvalue weighted by atomic mass is 32.2. The summed E-state index contributed by atoms with van der Waals surface area (Å²) in [4.78, 5) is 12.0. The van der Waals surface area contributed by atoms with Crippen molar-refractivity contribution in [1.82, 2.24) is 10.2 Å². The zero-order valence-electron chi connectivity index (χ0n) is 10.9. The molecule has 5 nitrogen and oxygen atoms in total. The average Bonchev–Trinajstić information content (AvgIpc) is 2.79. The van der Waals surface area contributed by atoms with Gasteiger partial charge < -0.3 is 11.1 Å². The number of aromatic nitrogens is 2. The lowest BCUT2D eigenvalue weighted by atomic mass is 10.2. The summed E-state index contributed by atoms with van der Waals surface area (Å²) in [5.74, 6) is -0.705. The second kappa shape index (κ2) is 6.19. The van der Waals surface area contributed by atoms with Crippen LogP contribution in [0.4, 0.5) is 15.8 Å². The molecule has 1 heterocycles. The van der Waals surface area contributed by atoms with Crippen LogP contribution < -0.4 is 11.1 Å². The molecule has 0 aliphatic carbocycles. The maximum Gasteiger partial charge on any atom is 0.237 e. The smallest absolute Gasteiger partial charge is 0.237 e. The number of nitrogens with zero attached hydrogens (tertiary/aromatic N) is 2. The van der Waals surface area contributed by atoms with Crippen LogP contribution in [0.15, 0.2) is 22.5 Å². The number of benzene rings is 1. The zero-order valence-corrected chi connectivity index (χ0v) is 12.5. The third-order valence-corrected chi connectivity index (χ3v) is 4.44. The predicted octanol–water partition coefficient (Wildman–Crippen LogP) is 2.69. The molecule has 2 aromatic rings. The van der Waals surface area contributed by atoms with E-state index in [4.69, 9.17) is 5.73 Å². The van der Waals surface area contributed by atoms with Gasteiger partial charge in [-0.1, -0.05) is 23.1 Å². The van der Waals surface area contributed by atoms with E-state index in [2.05, 4.69) is 15.5 Å². The van der Waals surface area contributed by atoms with Crippen molar-refractivity contribution in [3.63, 3.8) is 0 Å². The van der Waals surface area contributed by atoms with Crippen LogP contribution in [-0.2, 0) is 4.79 Å². The number of amides is 1. The van der Waals surface area contributed by atoms with Crippen molar-refractivity contribution in [2.45, 2.75) is 23.4 Å². The second-order valence-electron chi connectivity index (χ2n) is 4.07. The summed E-state index contributed by atoms with van der Waals surface area (Å²) < 4.78 is 13.8. The van der Waals surface area contributed by atoms with Gasteiger partial charge in [0.2, 0.25) is 5.91 Å². The molecule has 0 aliphatic heterocycles. The minimum absolute atomic E-state index is 0.00264. The van der Waals surface area contributed by atoms with Crippen LogP contribution in [0.1, 0.15) is 11.9 Å². The molecule has 0 saturated carbocycles. The summed E-state index contributed by atoms with van der Waals surface area (Å²) in [6.07, 6.45) is 0. The minimum atomic E-state index is -0.505. The highest BCUT2D eigenvalue weighted by molar-refractivity contribution is 8.02. The first kappa shape index (κ1) is 14.7. The van der Waals surface area contributed by atoms with Gasteiger partial charge in [0.05, 0.1) is 10.9 Å². The van der Waals surface area contributed by atoms with Gasteiger partial charge in [0.15, 0.2) is 4.34 Å². The molecule has 1 amide bonds. The van der Waals surface area contributed by atoms with Crippen LogP contribution in [0.25, 0.3) is 0 Å². The van der Waals surface area contributed by atoms with Gasteiger partial charge in [0.25, 0.3) is 0 Å². The Morgan fingerprint density at radius 3 is 2.85 bits per heavy atom. The highest BCUT2D eigenvalue weighted by Crippen LogP contribution is 2.27. The molecule has 0 radical (unpaired) electrons. The number of nitrogens with one attached hydrogen (secondary N) is 1. The Balaban J connectivity index is 1.98. The van der Waals surface area contributed by atoms with Crippen molar-refractivity contribution in [3.8, 4) is 0 Å². The summed E-state index contributed by atoms with van der Waals surface area (Å²) in [5, 5.41) is 11.0. The third-order valence-electron chi connectivity index (χ3n) is 2.42. The maximum absolute atomic E-state index is 13.0. The summed E-state index contributed by atoms with van der Waals surface area (Å²) in [6.45, 7) is 3.62. The van der Waals surface area contributed by atoms with Gasteiger partial charge >= 0.3 is 0 Å². The molecule has 1 atom stereocenters. The van der Waals surface area contributed by atoms with E-state index in [1.165, 1.54) is 41.3 Å². The van der Waals surface area contributed by atoms with Crippen LogP contribution in [0.3, 0.4) is 0 Å². The average molecular weight is 312 g/mol. The number of nitrogen functional groups attached to an aromatic ring is 1. The van der Waals surface area contributed by atoms with E-state index in [0.717, 1.165) is 9.35 Å². The Hall–Kier alpha value is -1.67. The van der Waals surface area contributed by atoms with Crippen molar-refractivity contribution in [2.75, 3.05) is 11.1 Å². The first-order chi connectivity index (χ1) is 9.45. The van der Waals surface area contributed by atoms with E-state index in [1.807, 2.05) is 6.92 Å². The Morgan fingerprint density at radius 2 is 2.25 bits per heavy atom. The lowest BCUT2D eigenvalue weighted by Gasteiger charge is -2.10. The quantitative estimate of drug-likeness (QED) is 0.670. The van der Waals surface area contributed by atoms with Gasteiger partial charge in [-0.05, 0) is 32.0 Å². The lowest BCUT2D eigenvalue weighted by Crippen LogP contribution is -2.22. The van der Waals surface area contributed by atoms with Crippen molar-refractivity contribution < 1.29 is 9.18 Å². The van der Waals surface area contributed by atoms with E-state index in [-0.39, 0.29) is 16.8 Å². The van der Waals surface area contributed by atoms with Crippen LogP contribution in [0.5, 0.6) is 0 Å². The Labute approximate surface area is 123 Å². The SMILES string of the molecule is Cc1nnc(SC(C)C(=O)Nc2ccc(F)c(N)c2)s1. The van der Waals surface area contributed by atoms with Gasteiger partial charge in [0.1, 0.15) is 10.8 Å². The van der Waals surface area contributed by atoms with E-state index in [9.17, 15) is 9.18 Å². The molecule has 8 heteroatoms.